The van der Waals surface area contributed by atoms with E-state index in [-0.39, 0.29) is 24.5 Å². The Balaban J connectivity index is 2.88. The summed E-state index contributed by atoms with van der Waals surface area (Å²) in [5.41, 5.74) is -0.000491. The highest BCUT2D eigenvalue weighted by molar-refractivity contribution is 5.85. The van der Waals surface area contributed by atoms with Crippen LogP contribution in [0.15, 0.2) is 24.3 Å². The second-order valence-electron chi connectivity index (χ2n) is 9.71. The van der Waals surface area contributed by atoms with Crippen molar-refractivity contribution in [3.05, 3.63) is 29.8 Å². The molecule has 34 heavy (non-hydrogen) atoms. The van der Waals surface area contributed by atoms with Crippen LogP contribution in [0.2, 0.25) is 0 Å². The molecule has 0 spiro atoms. The number of carbonyl (C=O) groups excluding carboxylic acids is 3. The van der Waals surface area contributed by atoms with E-state index in [1.807, 2.05) is 6.92 Å². The molecule has 0 fully saturated rings. The van der Waals surface area contributed by atoms with Crippen molar-refractivity contribution in [3.63, 3.8) is 0 Å². The van der Waals surface area contributed by atoms with Gasteiger partial charge in [-0.25, -0.2) is 4.79 Å². The van der Waals surface area contributed by atoms with Crippen molar-refractivity contribution in [2.75, 3.05) is 6.54 Å². The monoisotopic (exact) mass is 479 g/mol. The Kier molecular flexibility index (Phi) is 11.9. The number of alkyl carbamates (subject to hydrolysis) is 1. The lowest BCUT2D eigenvalue weighted by molar-refractivity contribution is -0.126. The van der Waals surface area contributed by atoms with Crippen molar-refractivity contribution in [2.24, 2.45) is 5.92 Å². The summed E-state index contributed by atoms with van der Waals surface area (Å²) in [5.74, 6) is -1.06. The van der Waals surface area contributed by atoms with Crippen LogP contribution in [-0.4, -0.2) is 58.5 Å². The van der Waals surface area contributed by atoms with Crippen molar-refractivity contribution in [3.8, 4) is 5.75 Å². The van der Waals surface area contributed by atoms with Crippen LogP contribution >= 0.6 is 0 Å². The lowest BCUT2D eigenvalue weighted by Gasteiger charge is -2.28. The van der Waals surface area contributed by atoms with Crippen LogP contribution in [0.5, 0.6) is 5.75 Å². The first-order chi connectivity index (χ1) is 15.8. The van der Waals surface area contributed by atoms with Gasteiger partial charge in [0.1, 0.15) is 17.4 Å². The number of aromatic hydroxyl groups is 1. The van der Waals surface area contributed by atoms with Crippen LogP contribution in [0.4, 0.5) is 4.79 Å². The fourth-order valence-corrected chi connectivity index (χ4v) is 3.27. The van der Waals surface area contributed by atoms with Gasteiger partial charge in [0.15, 0.2) is 0 Å². The van der Waals surface area contributed by atoms with E-state index >= 15 is 0 Å². The van der Waals surface area contributed by atoms with Gasteiger partial charge in [0.2, 0.25) is 11.8 Å². The highest BCUT2D eigenvalue weighted by atomic mass is 16.6. The van der Waals surface area contributed by atoms with Crippen LogP contribution in [0.3, 0.4) is 0 Å². The Morgan fingerprint density at radius 2 is 1.76 bits per heavy atom. The molecular weight excluding hydrogens is 438 g/mol. The average molecular weight is 480 g/mol. The van der Waals surface area contributed by atoms with Gasteiger partial charge in [-0.2, -0.15) is 0 Å². The summed E-state index contributed by atoms with van der Waals surface area (Å²) >= 11 is 0. The summed E-state index contributed by atoms with van der Waals surface area (Å²) in [5, 5.41) is 28.8. The lowest BCUT2D eigenvalue weighted by atomic mass is 9.93. The number of unbranched alkanes of at least 4 members (excludes halogenated alkanes) is 1. The van der Waals surface area contributed by atoms with E-state index in [1.54, 1.807) is 45.9 Å². The number of phenolic OH excluding ortho intramolecular Hbond substituents is 1. The highest BCUT2D eigenvalue weighted by Gasteiger charge is 2.28. The molecule has 0 aliphatic carbocycles. The van der Waals surface area contributed by atoms with Crippen molar-refractivity contribution < 1.29 is 29.3 Å². The van der Waals surface area contributed by atoms with E-state index < -0.39 is 41.7 Å². The van der Waals surface area contributed by atoms with Crippen LogP contribution in [0.1, 0.15) is 66.4 Å². The molecular formula is C25H41N3O6. The Labute approximate surface area is 202 Å². The van der Waals surface area contributed by atoms with Gasteiger partial charge in [0, 0.05) is 12.5 Å². The third-order valence-corrected chi connectivity index (χ3v) is 5.16. The third kappa shape index (κ3) is 11.4. The predicted octanol–water partition coefficient (Wildman–Crippen LogP) is 2.64. The number of aliphatic hydroxyl groups excluding tert-OH is 1. The van der Waals surface area contributed by atoms with Gasteiger partial charge in [-0.3, -0.25) is 9.59 Å². The van der Waals surface area contributed by atoms with Gasteiger partial charge >= 0.3 is 6.09 Å². The molecule has 5 N–H and O–H groups in total. The predicted molar refractivity (Wildman–Crippen MR) is 130 cm³/mol. The molecule has 0 heterocycles. The molecule has 0 saturated heterocycles. The van der Waals surface area contributed by atoms with Gasteiger partial charge < -0.3 is 30.9 Å². The highest BCUT2D eigenvalue weighted by Crippen LogP contribution is 2.17. The number of ether oxygens (including phenoxy) is 1. The molecule has 3 unspecified atom stereocenters. The van der Waals surface area contributed by atoms with Crippen molar-refractivity contribution in [1.29, 1.82) is 0 Å². The molecule has 9 nitrogen and oxygen atoms in total. The summed E-state index contributed by atoms with van der Waals surface area (Å²) in [4.78, 5) is 37.1. The molecule has 0 bridgehead atoms. The average Bonchev–Trinajstić information content (AvgIpc) is 2.71. The minimum Gasteiger partial charge on any atom is -0.508 e. The first-order valence-corrected chi connectivity index (χ1v) is 11.9. The minimum absolute atomic E-state index is 0.0701. The van der Waals surface area contributed by atoms with Gasteiger partial charge in [0.05, 0.1) is 12.1 Å². The third-order valence-electron chi connectivity index (χ3n) is 5.16. The number of carbonyl (C=O) groups is 3. The topological polar surface area (TPSA) is 137 Å². The standard InChI is InChI=1S/C25H41N3O6/c1-7-8-12-26-22(31)16(2)13-21(30)20(15-18-10-9-11-19(29)14-18)28-23(32)17(3)27-24(33)34-25(4,5)6/h9-11,14,16-17,20-21,29-30H,7-8,12-13,15H2,1-6H3,(H,26,31)(H,27,33)(H,28,32)/t16?,17-,20?,21?/m0/s1. The summed E-state index contributed by atoms with van der Waals surface area (Å²) in [7, 11) is 0. The Bertz CT molecular complexity index is 808. The molecule has 9 heteroatoms. The van der Waals surface area contributed by atoms with E-state index in [9.17, 15) is 24.6 Å². The Morgan fingerprint density at radius 3 is 2.35 bits per heavy atom. The maximum Gasteiger partial charge on any atom is 0.408 e. The van der Waals surface area contributed by atoms with Gasteiger partial charge in [0.25, 0.3) is 0 Å². The fraction of sp³-hybridized carbons (Fsp3) is 0.640. The van der Waals surface area contributed by atoms with E-state index in [1.165, 1.54) is 13.0 Å². The molecule has 0 saturated carbocycles. The first-order valence-electron chi connectivity index (χ1n) is 11.9. The maximum atomic E-state index is 12.8. The first kappa shape index (κ1) is 29.2. The zero-order chi connectivity index (χ0) is 25.9. The number of hydrogen-bond donors (Lipinski definition) is 5. The summed E-state index contributed by atoms with van der Waals surface area (Å²) in [6.07, 6.45) is 0.440. The maximum absolute atomic E-state index is 12.8. The normalized spacial score (nSPS) is 14.9. The number of rotatable bonds is 12. The van der Waals surface area contributed by atoms with Crippen LogP contribution < -0.4 is 16.0 Å². The molecule has 4 atom stereocenters. The summed E-state index contributed by atoms with van der Waals surface area (Å²) in [6.45, 7) is 11.0. The zero-order valence-corrected chi connectivity index (χ0v) is 21.2. The SMILES string of the molecule is CCCCNC(=O)C(C)CC(O)C(Cc1cccc(O)c1)NC(=O)[C@H](C)NC(=O)OC(C)(C)C. The molecule has 0 aliphatic heterocycles. The largest absolute Gasteiger partial charge is 0.508 e. The Hall–Kier alpha value is -2.81. The lowest BCUT2D eigenvalue weighted by Crippen LogP contribution is -2.53. The van der Waals surface area contributed by atoms with E-state index in [4.69, 9.17) is 4.74 Å². The second-order valence-corrected chi connectivity index (χ2v) is 9.71. The summed E-state index contributed by atoms with van der Waals surface area (Å²) in [6, 6.07) is 4.87. The molecule has 0 aromatic heterocycles. The number of nitrogens with one attached hydrogen (secondary N) is 3. The van der Waals surface area contributed by atoms with Gasteiger partial charge in [-0.15, -0.1) is 0 Å². The number of phenols is 1. The molecule has 1 aromatic carbocycles. The van der Waals surface area contributed by atoms with Crippen molar-refractivity contribution in [2.45, 2.75) is 91.0 Å². The van der Waals surface area contributed by atoms with Crippen molar-refractivity contribution >= 4 is 17.9 Å². The minimum atomic E-state index is -1.04. The van der Waals surface area contributed by atoms with Gasteiger partial charge in [-0.05, 0) is 64.7 Å². The van der Waals surface area contributed by atoms with Crippen LogP contribution in [-0.2, 0) is 20.7 Å². The molecule has 1 aromatic rings. The van der Waals surface area contributed by atoms with Crippen LogP contribution in [0.25, 0.3) is 0 Å². The van der Waals surface area contributed by atoms with E-state index in [0.717, 1.165) is 12.8 Å². The number of benzene rings is 1. The fourth-order valence-electron chi connectivity index (χ4n) is 3.27. The smallest absolute Gasteiger partial charge is 0.408 e. The number of aliphatic hydroxyl groups is 1. The zero-order valence-electron chi connectivity index (χ0n) is 21.2. The molecule has 192 valence electrons. The number of hydrogen-bond acceptors (Lipinski definition) is 6. The Morgan fingerprint density at radius 1 is 1.09 bits per heavy atom. The van der Waals surface area contributed by atoms with Gasteiger partial charge in [-0.1, -0.05) is 32.4 Å². The quantitative estimate of drug-likeness (QED) is 0.292. The van der Waals surface area contributed by atoms with E-state index in [2.05, 4.69) is 16.0 Å². The molecule has 1 rings (SSSR count). The van der Waals surface area contributed by atoms with E-state index in [0.29, 0.717) is 12.1 Å². The summed E-state index contributed by atoms with van der Waals surface area (Å²) < 4.78 is 5.19. The molecule has 0 radical (unpaired) electrons. The van der Waals surface area contributed by atoms with Crippen molar-refractivity contribution in [1.82, 2.24) is 16.0 Å². The van der Waals surface area contributed by atoms with Crippen LogP contribution in [0, 0.1) is 5.92 Å². The number of amides is 3. The molecule has 0 aliphatic rings. The second kappa shape index (κ2) is 13.8. The molecule has 3 amide bonds.